The standard InChI is InChI=1S/C16H21NO8/c1-7(19)10-4-3-9(5-11(10)21)24-16-13(17-8(2)20)15(23)14(22)12(6-18)25-16/h3-5,12-16,18,21-23H,6H2,1-2H3,(H,17,20)/t12-,13+,14-,15-,16-/m1/s1. The number of carbonyl (C=O) groups excluding carboxylic acids is 2. The number of rotatable bonds is 5. The van der Waals surface area contributed by atoms with Gasteiger partial charge in [-0.2, -0.15) is 0 Å². The van der Waals surface area contributed by atoms with E-state index in [0.29, 0.717) is 0 Å². The fourth-order valence-corrected chi connectivity index (χ4v) is 2.59. The quantitative estimate of drug-likeness (QED) is 0.419. The van der Waals surface area contributed by atoms with Crippen LogP contribution in [0.2, 0.25) is 0 Å². The maximum absolute atomic E-state index is 11.3. The van der Waals surface area contributed by atoms with Crippen molar-refractivity contribution in [2.75, 3.05) is 6.61 Å². The van der Waals surface area contributed by atoms with E-state index in [4.69, 9.17) is 9.47 Å². The van der Waals surface area contributed by atoms with Gasteiger partial charge in [0.25, 0.3) is 0 Å². The highest BCUT2D eigenvalue weighted by Gasteiger charge is 2.46. The van der Waals surface area contributed by atoms with E-state index < -0.39 is 43.2 Å². The van der Waals surface area contributed by atoms with Crippen LogP contribution in [0.5, 0.6) is 11.5 Å². The van der Waals surface area contributed by atoms with Crippen LogP contribution in [0.25, 0.3) is 0 Å². The molecule has 0 radical (unpaired) electrons. The van der Waals surface area contributed by atoms with E-state index in [9.17, 15) is 30.0 Å². The van der Waals surface area contributed by atoms with Gasteiger partial charge >= 0.3 is 0 Å². The molecule has 0 aliphatic carbocycles. The molecule has 0 spiro atoms. The molecule has 1 aromatic rings. The Bertz CT molecular complexity index is 649. The number of phenolic OH excluding ortho intramolecular Hbond substituents is 1. The van der Waals surface area contributed by atoms with E-state index in [1.165, 1.54) is 32.0 Å². The molecule has 2 rings (SSSR count). The van der Waals surface area contributed by atoms with Gasteiger partial charge in [0.05, 0.1) is 12.2 Å². The van der Waals surface area contributed by atoms with Crippen molar-refractivity contribution in [3.63, 3.8) is 0 Å². The monoisotopic (exact) mass is 355 g/mol. The van der Waals surface area contributed by atoms with Crippen molar-refractivity contribution in [2.45, 2.75) is 44.5 Å². The minimum absolute atomic E-state index is 0.110. The third-order valence-electron chi connectivity index (χ3n) is 3.85. The lowest BCUT2D eigenvalue weighted by atomic mass is 9.97. The topological polar surface area (TPSA) is 146 Å². The van der Waals surface area contributed by atoms with Crippen LogP contribution < -0.4 is 10.1 Å². The van der Waals surface area contributed by atoms with E-state index in [2.05, 4.69) is 5.32 Å². The summed E-state index contributed by atoms with van der Waals surface area (Å²) in [5.74, 6) is -0.988. The smallest absolute Gasteiger partial charge is 0.223 e. The number of hydrogen-bond acceptors (Lipinski definition) is 8. The Balaban J connectivity index is 2.25. The summed E-state index contributed by atoms with van der Waals surface area (Å²) in [6.45, 7) is 1.96. The van der Waals surface area contributed by atoms with Gasteiger partial charge in [0.1, 0.15) is 35.9 Å². The van der Waals surface area contributed by atoms with Crippen LogP contribution in [0.1, 0.15) is 24.2 Å². The van der Waals surface area contributed by atoms with Gasteiger partial charge in [0.15, 0.2) is 5.78 Å². The number of ether oxygens (including phenoxy) is 2. The second-order valence-electron chi connectivity index (χ2n) is 5.79. The average Bonchev–Trinajstić information content (AvgIpc) is 2.53. The highest BCUT2D eigenvalue weighted by atomic mass is 16.7. The second-order valence-corrected chi connectivity index (χ2v) is 5.79. The van der Waals surface area contributed by atoms with E-state index >= 15 is 0 Å². The van der Waals surface area contributed by atoms with Crippen molar-refractivity contribution < 1.29 is 39.5 Å². The molecule has 1 aliphatic rings. The van der Waals surface area contributed by atoms with Gasteiger partial charge in [-0.25, -0.2) is 0 Å². The molecule has 5 atom stereocenters. The second kappa shape index (κ2) is 7.79. The molecule has 0 saturated carbocycles. The summed E-state index contributed by atoms with van der Waals surface area (Å²) in [5, 5.41) is 41.6. The third kappa shape index (κ3) is 4.26. The van der Waals surface area contributed by atoms with Crippen molar-refractivity contribution in [1.29, 1.82) is 0 Å². The molecule has 138 valence electrons. The van der Waals surface area contributed by atoms with Crippen molar-refractivity contribution in [3.8, 4) is 11.5 Å². The van der Waals surface area contributed by atoms with E-state index in [-0.39, 0.29) is 22.8 Å². The maximum Gasteiger partial charge on any atom is 0.223 e. The van der Waals surface area contributed by atoms with Gasteiger partial charge in [0, 0.05) is 13.0 Å². The lowest BCUT2D eigenvalue weighted by molar-refractivity contribution is -0.244. The normalized spacial score (nSPS) is 29.1. The lowest BCUT2D eigenvalue weighted by Crippen LogP contribution is -2.65. The summed E-state index contributed by atoms with van der Waals surface area (Å²) in [4.78, 5) is 22.7. The predicted molar refractivity (Wildman–Crippen MR) is 84.1 cm³/mol. The Morgan fingerprint density at radius 2 is 1.92 bits per heavy atom. The molecule has 25 heavy (non-hydrogen) atoms. The molecule has 5 N–H and O–H groups in total. The number of ketones is 1. The van der Waals surface area contributed by atoms with Crippen LogP contribution in [0.15, 0.2) is 18.2 Å². The molecule has 0 unspecified atom stereocenters. The molecule has 1 saturated heterocycles. The molecule has 1 heterocycles. The zero-order valence-corrected chi connectivity index (χ0v) is 13.7. The zero-order valence-electron chi connectivity index (χ0n) is 13.7. The number of phenols is 1. The first-order valence-corrected chi connectivity index (χ1v) is 7.64. The van der Waals surface area contributed by atoms with E-state index in [1.54, 1.807) is 0 Å². The summed E-state index contributed by atoms with van der Waals surface area (Å²) in [6, 6.07) is 2.86. The lowest BCUT2D eigenvalue weighted by Gasteiger charge is -2.42. The number of aliphatic hydroxyl groups is 3. The molecule has 9 nitrogen and oxygen atoms in total. The fraction of sp³-hybridized carbons (Fsp3) is 0.500. The fourth-order valence-electron chi connectivity index (χ4n) is 2.59. The molecule has 1 aliphatic heterocycles. The van der Waals surface area contributed by atoms with Gasteiger partial charge in [-0.05, 0) is 19.1 Å². The van der Waals surface area contributed by atoms with Crippen LogP contribution >= 0.6 is 0 Å². The van der Waals surface area contributed by atoms with Crippen LogP contribution in [0, 0.1) is 0 Å². The van der Waals surface area contributed by atoms with Gasteiger partial charge in [-0.3, -0.25) is 9.59 Å². The predicted octanol–water partition coefficient (Wildman–Crippen LogP) is -1.08. The largest absolute Gasteiger partial charge is 0.507 e. The SMILES string of the molecule is CC(=O)N[C@@H]1[C@H](Oc2ccc(C(C)=O)c(O)c2)O[C@H](CO)[C@@H](O)[C@@H]1O. The van der Waals surface area contributed by atoms with Gasteiger partial charge in [0.2, 0.25) is 12.2 Å². The number of nitrogens with one attached hydrogen (secondary N) is 1. The molecule has 0 bridgehead atoms. The number of aromatic hydroxyl groups is 1. The Labute approximate surface area is 143 Å². The van der Waals surface area contributed by atoms with Crippen LogP contribution in [0.4, 0.5) is 0 Å². The van der Waals surface area contributed by atoms with Crippen molar-refractivity contribution in [3.05, 3.63) is 23.8 Å². The summed E-state index contributed by atoms with van der Waals surface area (Å²) >= 11 is 0. The number of benzene rings is 1. The zero-order chi connectivity index (χ0) is 18.7. The van der Waals surface area contributed by atoms with Crippen molar-refractivity contribution >= 4 is 11.7 Å². The summed E-state index contributed by atoms with van der Waals surface area (Å²) < 4.78 is 11.0. The number of amides is 1. The Kier molecular flexibility index (Phi) is 5.96. The third-order valence-corrected chi connectivity index (χ3v) is 3.85. The van der Waals surface area contributed by atoms with Crippen LogP contribution in [-0.2, 0) is 9.53 Å². The summed E-state index contributed by atoms with van der Waals surface area (Å²) in [5.41, 5.74) is 0.110. The number of hydrogen-bond donors (Lipinski definition) is 5. The first-order chi connectivity index (χ1) is 11.7. The van der Waals surface area contributed by atoms with Gasteiger partial charge < -0.3 is 35.2 Å². The highest BCUT2D eigenvalue weighted by Crippen LogP contribution is 2.28. The molecule has 9 heteroatoms. The average molecular weight is 355 g/mol. The van der Waals surface area contributed by atoms with Crippen LogP contribution in [0.3, 0.4) is 0 Å². The number of aliphatic hydroxyl groups excluding tert-OH is 3. The summed E-state index contributed by atoms with van der Waals surface area (Å²) in [6.07, 6.45) is -5.21. The Morgan fingerprint density at radius 3 is 2.44 bits per heavy atom. The van der Waals surface area contributed by atoms with E-state index in [1.807, 2.05) is 0 Å². The maximum atomic E-state index is 11.3. The number of carbonyl (C=O) groups is 2. The van der Waals surface area contributed by atoms with Crippen molar-refractivity contribution in [1.82, 2.24) is 5.32 Å². The molecule has 1 aromatic carbocycles. The minimum Gasteiger partial charge on any atom is -0.507 e. The first kappa shape index (κ1) is 19.1. The summed E-state index contributed by atoms with van der Waals surface area (Å²) in [7, 11) is 0. The van der Waals surface area contributed by atoms with E-state index in [0.717, 1.165) is 0 Å². The van der Waals surface area contributed by atoms with Crippen LogP contribution in [-0.4, -0.2) is 69.4 Å². The molecular formula is C16H21NO8. The number of Topliss-reactive ketones (excluding diaryl/α,β-unsaturated/α-hetero) is 1. The molecule has 1 fully saturated rings. The highest BCUT2D eigenvalue weighted by molar-refractivity contribution is 5.96. The first-order valence-electron chi connectivity index (χ1n) is 7.64. The van der Waals surface area contributed by atoms with Gasteiger partial charge in [-0.1, -0.05) is 0 Å². The van der Waals surface area contributed by atoms with Crippen molar-refractivity contribution in [2.24, 2.45) is 0 Å². The minimum atomic E-state index is -1.44. The van der Waals surface area contributed by atoms with Gasteiger partial charge in [-0.15, -0.1) is 0 Å². The molecule has 1 amide bonds. The Morgan fingerprint density at radius 1 is 1.24 bits per heavy atom. The molecular weight excluding hydrogens is 334 g/mol. The Hall–Kier alpha value is -2.20. The molecule has 0 aromatic heterocycles.